The average Bonchev–Trinajstić information content (AvgIpc) is 3.22. The van der Waals surface area contributed by atoms with Crippen LogP contribution >= 0.6 is 27.5 Å². The van der Waals surface area contributed by atoms with Crippen molar-refractivity contribution in [1.82, 2.24) is 4.98 Å². The highest BCUT2D eigenvalue weighted by molar-refractivity contribution is 9.10. The monoisotopic (exact) mass is 515 g/mol. The van der Waals surface area contributed by atoms with Gasteiger partial charge in [-0.3, -0.25) is 9.78 Å². The third kappa shape index (κ3) is 3.45. The number of aromatic nitrogens is 1. The predicted molar refractivity (Wildman–Crippen MR) is 132 cm³/mol. The molecule has 6 rings (SSSR count). The lowest BCUT2D eigenvalue weighted by molar-refractivity contribution is 0.101. The number of ether oxygens (including phenoxy) is 1. The molecule has 0 fully saturated rings. The summed E-state index contributed by atoms with van der Waals surface area (Å²) in [6, 6.07) is 22.4. The summed E-state index contributed by atoms with van der Waals surface area (Å²) >= 11 is 9.72. The zero-order valence-electron chi connectivity index (χ0n) is 17.1. The first-order valence-electron chi connectivity index (χ1n) is 10.3. The fourth-order valence-electron chi connectivity index (χ4n) is 4.19. The minimum absolute atomic E-state index is 0.205. The molecule has 0 atom stereocenters. The highest BCUT2D eigenvalue weighted by Gasteiger charge is 2.26. The van der Waals surface area contributed by atoms with Crippen LogP contribution in [0.15, 0.2) is 87.9 Å². The van der Waals surface area contributed by atoms with Crippen LogP contribution in [-0.2, 0) is 6.61 Å². The van der Waals surface area contributed by atoms with Gasteiger partial charge in [0.1, 0.15) is 17.9 Å². The number of hydrogen-bond acceptors (Lipinski definition) is 4. The van der Waals surface area contributed by atoms with Crippen molar-refractivity contribution in [1.29, 1.82) is 0 Å². The molecule has 0 spiro atoms. The highest BCUT2D eigenvalue weighted by atomic mass is 79.9. The number of benzene rings is 3. The van der Waals surface area contributed by atoms with Gasteiger partial charge in [0.2, 0.25) is 5.78 Å². The number of para-hydroxylation sites is 1. The number of fused-ring (bicyclic) bond motifs is 4. The maximum atomic E-state index is 13.5. The molecule has 0 saturated carbocycles. The van der Waals surface area contributed by atoms with E-state index in [9.17, 15) is 4.79 Å². The molecule has 1 aliphatic rings. The second kappa shape index (κ2) is 7.87. The molecule has 33 heavy (non-hydrogen) atoms. The second-order valence-corrected chi connectivity index (χ2v) is 9.15. The van der Waals surface area contributed by atoms with E-state index < -0.39 is 0 Å². The molecule has 0 unspecified atom stereocenters. The van der Waals surface area contributed by atoms with Crippen LogP contribution in [0.4, 0.5) is 0 Å². The van der Waals surface area contributed by atoms with E-state index in [2.05, 4.69) is 15.9 Å². The molecule has 6 heteroatoms. The Morgan fingerprint density at radius 3 is 2.67 bits per heavy atom. The summed E-state index contributed by atoms with van der Waals surface area (Å²) in [6.45, 7) is 0.402. The molecule has 0 radical (unpaired) electrons. The summed E-state index contributed by atoms with van der Waals surface area (Å²) in [5.74, 6) is 0.870. The Kier molecular flexibility index (Phi) is 4.82. The van der Waals surface area contributed by atoms with Crippen LogP contribution in [0, 0.1) is 0 Å². The third-order valence-corrected chi connectivity index (χ3v) is 6.51. The van der Waals surface area contributed by atoms with E-state index in [4.69, 9.17) is 25.7 Å². The van der Waals surface area contributed by atoms with Gasteiger partial charge in [0, 0.05) is 48.9 Å². The van der Waals surface area contributed by atoms with Crippen molar-refractivity contribution >= 4 is 44.3 Å². The average molecular weight is 517 g/mol. The molecule has 0 aliphatic carbocycles. The zero-order chi connectivity index (χ0) is 22.5. The molecule has 5 aromatic rings. The van der Waals surface area contributed by atoms with Gasteiger partial charge in [-0.25, -0.2) is 0 Å². The summed E-state index contributed by atoms with van der Waals surface area (Å²) in [5.41, 5.74) is 5.36. The quantitative estimate of drug-likeness (QED) is 0.231. The van der Waals surface area contributed by atoms with Gasteiger partial charge in [0.05, 0.1) is 5.69 Å². The van der Waals surface area contributed by atoms with Crippen molar-refractivity contribution < 1.29 is 13.9 Å². The van der Waals surface area contributed by atoms with Crippen LogP contribution < -0.4 is 4.74 Å². The number of halogens is 2. The first kappa shape index (κ1) is 20.2. The van der Waals surface area contributed by atoms with Gasteiger partial charge < -0.3 is 9.15 Å². The van der Waals surface area contributed by atoms with Gasteiger partial charge in [-0.15, -0.1) is 0 Å². The summed E-state index contributed by atoms with van der Waals surface area (Å²) in [4.78, 5) is 18.2. The van der Waals surface area contributed by atoms with E-state index >= 15 is 0 Å². The normalized spacial score (nSPS) is 12.2. The number of rotatable bonds is 3. The van der Waals surface area contributed by atoms with Crippen molar-refractivity contribution in [2.75, 3.05) is 0 Å². The van der Waals surface area contributed by atoms with Crippen molar-refractivity contribution in [3.05, 3.63) is 105 Å². The largest absolute Gasteiger partial charge is 0.488 e. The molecule has 4 nitrogen and oxygen atoms in total. The molecule has 0 N–H and O–H groups in total. The van der Waals surface area contributed by atoms with Crippen molar-refractivity contribution in [2.45, 2.75) is 6.61 Å². The van der Waals surface area contributed by atoms with Gasteiger partial charge in [0.25, 0.3) is 0 Å². The van der Waals surface area contributed by atoms with E-state index in [1.165, 1.54) is 0 Å². The Labute approximate surface area is 202 Å². The van der Waals surface area contributed by atoms with Gasteiger partial charge >= 0.3 is 0 Å². The van der Waals surface area contributed by atoms with Crippen LogP contribution in [0.3, 0.4) is 0 Å². The molecular formula is C27H15BrClNO3. The van der Waals surface area contributed by atoms with Crippen molar-refractivity contribution in [3.8, 4) is 28.1 Å². The maximum absolute atomic E-state index is 13.5. The van der Waals surface area contributed by atoms with Crippen LogP contribution in [0.5, 0.6) is 5.75 Å². The number of pyridine rings is 1. The van der Waals surface area contributed by atoms with Crippen LogP contribution in [-0.4, -0.2) is 10.8 Å². The lowest BCUT2D eigenvalue weighted by Crippen LogP contribution is -2.07. The summed E-state index contributed by atoms with van der Waals surface area (Å²) in [6.07, 6.45) is 1.78. The van der Waals surface area contributed by atoms with Gasteiger partial charge in [-0.05, 0) is 60.7 Å². The van der Waals surface area contributed by atoms with Crippen molar-refractivity contribution in [3.63, 3.8) is 0 Å². The number of carbonyl (C=O) groups is 1. The van der Waals surface area contributed by atoms with Crippen LogP contribution in [0.1, 0.15) is 21.7 Å². The Balaban J connectivity index is 1.55. The highest BCUT2D eigenvalue weighted by Crippen LogP contribution is 2.41. The fraction of sp³-hybridized carbons (Fsp3) is 0.0370. The first-order chi connectivity index (χ1) is 16.1. The Hall–Kier alpha value is -3.41. The Morgan fingerprint density at radius 1 is 1.00 bits per heavy atom. The maximum Gasteiger partial charge on any atom is 0.228 e. The van der Waals surface area contributed by atoms with Gasteiger partial charge in [0.15, 0.2) is 5.76 Å². The second-order valence-electron chi connectivity index (χ2n) is 7.80. The van der Waals surface area contributed by atoms with Crippen LogP contribution in [0.25, 0.3) is 33.4 Å². The third-order valence-electron chi connectivity index (χ3n) is 5.74. The smallest absolute Gasteiger partial charge is 0.228 e. The first-order valence-corrected chi connectivity index (χ1v) is 11.5. The Morgan fingerprint density at radius 2 is 1.82 bits per heavy atom. The standard InChI is InChI=1S/C27H15BrClNO3/c28-18-7-5-15(6-8-18)26(31)27-24(21-12-19(29)9-10-23(21)33-27)16-11-17-14-32-22-4-2-1-3-20(22)25(17)30-13-16/h1-13H,14H2. The number of nitrogens with zero attached hydrogens (tertiary/aromatic N) is 1. The number of hydrogen-bond donors (Lipinski definition) is 0. The molecule has 2 aromatic heterocycles. The molecule has 0 saturated heterocycles. The van der Waals surface area contributed by atoms with Gasteiger partial charge in [-0.1, -0.05) is 39.7 Å². The summed E-state index contributed by atoms with van der Waals surface area (Å²) in [7, 11) is 0. The number of ketones is 1. The molecule has 0 amide bonds. The SMILES string of the molecule is O=C(c1ccc(Br)cc1)c1oc2ccc(Cl)cc2c1-c1cnc2c(c1)COc1ccccc1-2. The zero-order valence-corrected chi connectivity index (χ0v) is 19.5. The predicted octanol–water partition coefficient (Wildman–Crippen LogP) is 7.70. The van der Waals surface area contributed by atoms with Crippen molar-refractivity contribution in [2.24, 2.45) is 0 Å². The molecule has 0 bridgehead atoms. The van der Waals surface area contributed by atoms with E-state index in [1.54, 1.807) is 30.5 Å². The number of furan rings is 1. The minimum Gasteiger partial charge on any atom is -0.488 e. The number of carbonyl (C=O) groups excluding carboxylic acids is 1. The van der Waals surface area contributed by atoms with E-state index in [0.717, 1.165) is 38.0 Å². The summed E-state index contributed by atoms with van der Waals surface area (Å²) < 4.78 is 12.9. The molecular weight excluding hydrogens is 502 g/mol. The molecule has 3 heterocycles. The topological polar surface area (TPSA) is 52.3 Å². The molecule has 1 aliphatic heterocycles. The van der Waals surface area contributed by atoms with E-state index in [1.807, 2.05) is 48.5 Å². The van der Waals surface area contributed by atoms with E-state index in [-0.39, 0.29) is 11.5 Å². The lowest BCUT2D eigenvalue weighted by Gasteiger charge is -2.20. The van der Waals surface area contributed by atoms with Crippen LogP contribution in [0.2, 0.25) is 5.02 Å². The summed E-state index contributed by atoms with van der Waals surface area (Å²) in [5, 5.41) is 1.33. The van der Waals surface area contributed by atoms with E-state index in [0.29, 0.717) is 28.3 Å². The molecule has 3 aromatic carbocycles. The molecule has 160 valence electrons. The lowest BCUT2D eigenvalue weighted by atomic mass is 9.95. The fourth-order valence-corrected chi connectivity index (χ4v) is 4.63. The minimum atomic E-state index is -0.205. The Bertz CT molecular complexity index is 1560. The van der Waals surface area contributed by atoms with Gasteiger partial charge in [-0.2, -0.15) is 0 Å².